The zero-order valence-corrected chi connectivity index (χ0v) is 18.0. The molecule has 0 aliphatic carbocycles. The van der Waals surface area contributed by atoms with Crippen LogP contribution in [0.3, 0.4) is 0 Å². The third-order valence-corrected chi connectivity index (χ3v) is 5.94. The summed E-state index contributed by atoms with van der Waals surface area (Å²) in [6, 6.07) is 13.3. The smallest absolute Gasteiger partial charge is 0.321 e. The van der Waals surface area contributed by atoms with Crippen LogP contribution in [0.1, 0.15) is 36.5 Å². The summed E-state index contributed by atoms with van der Waals surface area (Å²) >= 11 is 6.15. The van der Waals surface area contributed by atoms with Gasteiger partial charge in [0, 0.05) is 30.3 Å². The number of carbonyl (C=O) groups is 2. The van der Waals surface area contributed by atoms with E-state index in [-0.39, 0.29) is 11.9 Å². The summed E-state index contributed by atoms with van der Waals surface area (Å²) in [5.41, 5.74) is 3.26. The van der Waals surface area contributed by atoms with Gasteiger partial charge in [-0.25, -0.2) is 4.79 Å². The number of hydrogen-bond acceptors (Lipinski definition) is 2. The summed E-state index contributed by atoms with van der Waals surface area (Å²) < 4.78 is 0. The lowest BCUT2D eigenvalue weighted by Gasteiger charge is -2.39. The molecule has 0 unspecified atom stereocenters. The summed E-state index contributed by atoms with van der Waals surface area (Å²) in [6.07, 6.45) is 1.55. The molecule has 1 fully saturated rings. The van der Waals surface area contributed by atoms with Gasteiger partial charge in [-0.05, 0) is 56.9 Å². The Hall–Kier alpha value is -2.53. The molecule has 2 aromatic rings. The predicted molar refractivity (Wildman–Crippen MR) is 117 cm³/mol. The van der Waals surface area contributed by atoms with Crippen molar-refractivity contribution in [3.63, 3.8) is 0 Å². The van der Waals surface area contributed by atoms with E-state index in [1.54, 1.807) is 11.0 Å². The van der Waals surface area contributed by atoms with Crippen molar-refractivity contribution in [3.8, 4) is 0 Å². The van der Waals surface area contributed by atoms with Gasteiger partial charge in [-0.1, -0.05) is 47.5 Å². The fourth-order valence-electron chi connectivity index (χ4n) is 3.57. The van der Waals surface area contributed by atoms with Crippen LogP contribution >= 0.6 is 11.6 Å². The Balaban J connectivity index is 1.60. The van der Waals surface area contributed by atoms with Crippen LogP contribution in [0.4, 0.5) is 10.5 Å². The molecule has 3 rings (SSSR count). The van der Waals surface area contributed by atoms with Crippen LogP contribution in [0.5, 0.6) is 0 Å². The van der Waals surface area contributed by atoms with E-state index >= 15 is 0 Å². The number of benzene rings is 2. The van der Waals surface area contributed by atoms with Gasteiger partial charge < -0.3 is 15.5 Å². The summed E-state index contributed by atoms with van der Waals surface area (Å²) in [5.74, 6) is -0.0195. The van der Waals surface area contributed by atoms with Crippen LogP contribution in [0, 0.1) is 19.3 Å². The zero-order valence-electron chi connectivity index (χ0n) is 17.2. The summed E-state index contributed by atoms with van der Waals surface area (Å²) in [4.78, 5) is 27.3. The standard InChI is InChI=1S/C23H28ClN3O2/c1-16-5-8-18(9-6-16)14-25-21(28)23(3)11-4-12-27(15-23)22(29)26-19-10-7-17(2)20(24)13-19/h5-10,13H,4,11-12,14-15H2,1-3H3,(H,25,28)(H,26,29)/t23-/m0/s1. The monoisotopic (exact) mass is 413 g/mol. The maximum atomic E-state index is 12.9. The van der Waals surface area contributed by atoms with Crippen LogP contribution in [-0.4, -0.2) is 29.9 Å². The van der Waals surface area contributed by atoms with Gasteiger partial charge in [-0.2, -0.15) is 0 Å². The van der Waals surface area contributed by atoms with Crippen molar-refractivity contribution in [2.75, 3.05) is 18.4 Å². The number of piperidine rings is 1. The van der Waals surface area contributed by atoms with Crippen LogP contribution in [0.25, 0.3) is 0 Å². The van der Waals surface area contributed by atoms with E-state index < -0.39 is 5.41 Å². The number of aryl methyl sites for hydroxylation is 2. The van der Waals surface area contributed by atoms with Gasteiger partial charge in [0.2, 0.25) is 5.91 Å². The Morgan fingerprint density at radius 3 is 2.55 bits per heavy atom. The Morgan fingerprint density at radius 2 is 1.86 bits per heavy atom. The molecule has 154 valence electrons. The van der Waals surface area contributed by atoms with E-state index in [9.17, 15) is 9.59 Å². The maximum absolute atomic E-state index is 12.9. The first kappa shape index (κ1) is 21.2. The fraction of sp³-hybridized carbons (Fsp3) is 0.391. The second-order valence-corrected chi connectivity index (χ2v) is 8.56. The van der Waals surface area contributed by atoms with Gasteiger partial charge in [-0.15, -0.1) is 0 Å². The molecule has 2 aromatic carbocycles. The van der Waals surface area contributed by atoms with Gasteiger partial charge in [0.05, 0.1) is 5.41 Å². The van der Waals surface area contributed by atoms with Crippen molar-refractivity contribution in [3.05, 3.63) is 64.2 Å². The molecule has 1 atom stereocenters. The third-order valence-electron chi connectivity index (χ3n) is 5.53. The predicted octanol–water partition coefficient (Wildman–Crippen LogP) is 4.91. The van der Waals surface area contributed by atoms with E-state index in [4.69, 9.17) is 11.6 Å². The largest absolute Gasteiger partial charge is 0.351 e. The number of carbonyl (C=O) groups excluding carboxylic acids is 2. The van der Waals surface area contributed by atoms with Crippen molar-refractivity contribution in [1.29, 1.82) is 0 Å². The minimum absolute atomic E-state index is 0.0195. The third kappa shape index (κ3) is 5.30. The second kappa shape index (κ2) is 8.87. The second-order valence-electron chi connectivity index (χ2n) is 8.15. The summed E-state index contributed by atoms with van der Waals surface area (Å²) in [6.45, 7) is 7.39. The number of rotatable bonds is 4. The molecule has 6 heteroatoms. The number of anilines is 1. The number of nitrogens with one attached hydrogen (secondary N) is 2. The molecule has 0 bridgehead atoms. The molecule has 0 saturated carbocycles. The van der Waals surface area contributed by atoms with Gasteiger partial charge >= 0.3 is 6.03 Å². The van der Waals surface area contributed by atoms with Crippen molar-refractivity contribution < 1.29 is 9.59 Å². The van der Waals surface area contributed by atoms with Crippen LogP contribution in [0.2, 0.25) is 5.02 Å². The number of amides is 3. The molecule has 1 saturated heterocycles. The molecule has 5 nitrogen and oxygen atoms in total. The van der Waals surface area contributed by atoms with Crippen LogP contribution in [-0.2, 0) is 11.3 Å². The highest BCUT2D eigenvalue weighted by atomic mass is 35.5. The number of urea groups is 1. The highest BCUT2D eigenvalue weighted by molar-refractivity contribution is 6.31. The Labute approximate surface area is 177 Å². The van der Waals surface area contributed by atoms with Crippen LogP contribution in [0.15, 0.2) is 42.5 Å². The van der Waals surface area contributed by atoms with E-state index in [1.165, 1.54) is 5.56 Å². The van der Waals surface area contributed by atoms with E-state index in [2.05, 4.69) is 10.6 Å². The quantitative estimate of drug-likeness (QED) is 0.748. The SMILES string of the molecule is Cc1ccc(CNC(=O)[C@@]2(C)CCCN(C(=O)Nc3ccc(C)c(Cl)c3)C2)cc1. The molecule has 1 aliphatic heterocycles. The fourth-order valence-corrected chi connectivity index (χ4v) is 3.75. The first-order chi connectivity index (χ1) is 13.8. The average Bonchev–Trinajstić information content (AvgIpc) is 2.70. The minimum Gasteiger partial charge on any atom is -0.351 e. The van der Waals surface area contributed by atoms with Crippen molar-refractivity contribution in [2.24, 2.45) is 5.41 Å². The zero-order chi connectivity index (χ0) is 21.0. The average molecular weight is 414 g/mol. The summed E-state index contributed by atoms with van der Waals surface area (Å²) in [5, 5.41) is 6.54. The summed E-state index contributed by atoms with van der Waals surface area (Å²) in [7, 11) is 0. The Morgan fingerprint density at radius 1 is 1.14 bits per heavy atom. The van der Waals surface area contributed by atoms with Gasteiger partial charge in [-0.3, -0.25) is 4.79 Å². The molecular weight excluding hydrogens is 386 g/mol. The Kier molecular flexibility index (Phi) is 6.48. The van der Waals surface area contributed by atoms with Gasteiger partial charge in [0.1, 0.15) is 0 Å². The molecule has 0 radical (unpaired) electrons. The van der Waals surface area contributed by atoms with E-state index in [0.29, 0.717) is 30.3 Å². The minimum atomic E-state index is -0.606. The number of hydrogen-bond donors (Lipinski definition) is 2. The van der Waals surface area contributed by atoms with E-state index in [0.717, 1.165) is 24.0 Å². The molecule has 1 aliphatic rings. The molecule has 2 N–H and O–H groups in total. The lowest BCUT2D eigenvalue weighted by molar-refractivity contribution is -0.132. The maximum Gasteiger partial charge on any atom is 0.321 e. The topological polar surface area (TPSA) is 61.4 Å². The number of nitrogens with zero attached hydrogens (tertiary/aromatic N) is 1. The Bertz CT molecular complexity index is 897. The highest BCUT2D eigenvalue weighted by Gasteiger charge is 2.39. The number of halogens is 1. The van der Waals surface area contributed by atoms with Crippen LogP contribution < -0.4 is 10.6 Å². The molecule has 1 heterocycles. The van der Waals surface area contributed by atoms with Gasteiger partial charge in [0.15, 0.2) is 0 Å². The van der Waals surface area contributed by atoms with E-state index in [1.807, 2.05) is 57.2 Å². The first-order valence-electron chi connectivity index (χ1n) is 9.93. The van der Waals surface area contributed by atoms with Crippen molar-refractivity contribution in [2.45, 2.75) is 40.2 Å². The molecule has 0 aromatic heterocycles. The molecule has 0 spiro atoms. The van der Waals surface area contributed by atoms with Crippen molar-refractivity contribution >= 4 is 29.2 Å². The number of likely N-dealkylation sites (tertiary alicyclic amines) is 1. The highest BCUT2D eigenvalue weighted by Crippen LogP contribution is 2.30. The molecule has 3 amide bonds. The lowest BCUT2D eigenvalue weighted by atomic mass is 9.81. The molecule has 29 heavy (non-hydrogen) atoms. The normalized spacial score (nSPS) is 19.0. The lowest BCUT2D eigenvalue weighted by Crippen LogP contribution is -2.52. The molecular formula is C23H28ClN3O2. The first-order valence-corrected chi connectivity index (χ1v) is 10.3. The van der Waals surface area contributed by atoms with Gasteiger partial charge in [0.25, 0.3) is 0 Å². The van der Waals surface area contributed by atoms with Crippen molar-refractivity contribution in [1.82, 2.24) is 10.2 Å².